The molecule has 0 heterocycles. The third kappa shape index (κ3) is 3.53. The molecule has 0 aliphatic heterocycles. The molecular formula is C11H13N3O3S. The number of benzene rings is 1. The molecule has 0 amide bonds. The van der Waals surface area contributed by atoms with Crippen molar-refractivity contribution >= 4 is 22.2 Å². The highest BCUT2D eigenvalue weighted by molar-refractivity contribution is 7.84. The summed E-state index contributed by atoms with van der Waals surface area (Å²) in [6.45, 7) is 2.26. The molecule has 18 heavy (non-hydrogen) atoms. The van der Waals surface area contributed by atoms with E-state index in [2.05, 4.69) is 5.32 Å². The van der Waals surface area contributed by atoms with Crippen molar-refractivity contribution in [2.24, 2.45) is 0 Å². The predicted octanol–water partition coefficient (Wildman–Crippen LogP) is 1.65. The average molecular weight is 267 g/mol. The first-order chi connectivity index (χ1) is 8.45. The van der Waals surface area contributed by atoms with E-state index in [4.69, 9.17) is 5.26 Å². The van der Waals surface area contributed by atoms with Crippen LogP contribution in [-0.2, 0) is 10.8 Å². The van der Waals surface area contributed by atoms with Gasteiger partial charge in [0.15, 0.2) is 0 Å². The molecule has 0 radical (unpaired) electrons. The van der Waals surface area contributed by atoms with Gasteiger partial charge < -0.3 is 5.32 Å². The lowest BCUT2D eigenvalue weighted by Gasteiger charge is -2.11. The largest absolute Gasteiger partial charge is 0.383 e. The van der Waals surface area contributed by atoms with Crippen LogP contribution in [-0.4, -0.2) is 27.2 Å². The van der Waals surface area contributed by atoms with Crippen molar-refractivity contribution in [1.82, 2.24) is 0 Å². The molecule has 0 saturated carbocycles. The van der Waals surface area contributed by atoms with Gasteiger partial charge in [-0.3, -0.25) is 14.3 Å². The van der Waals surface area contributed by atoms with Gasteiger partial charge in [0.1, 0.15) is 6.07 Å². The highest BCUT2D eigenvalue weighted by Gasteiger charge is 2.12. The summed E-state index contributed by atoms with van der Waals surface area (Å²) in [6.07, 6.45) is 1.60. The van der Waals surface area contributed by atoms with E-state index >= 15 is 0 Å². The fourth-order valence-electron chi connectivity index (χ4n) is 1.26. The lowest BCUT2D eigenvalue weighted by Crippen LogP contribution is -2.21. The Labute approximate surface area is 107 Å². The van der Waals surface area contributed by atoms with Crippen molar-refractivity contribution < 1.29 is 9.13 Å². The number of anilines is 1. The van der Waals surface area contributed by atoms with E-state index in [9.17, 15) is 14.3 Å². The van der Waals surface area contributed by atoms with E-state index in [1.54, 1.807) is 6.26 Å². The fraction of sp³-hybridized carbons (Fsp3) is 0.364. The van der Waals surface area contributed by atoms with Crippen LogP contribution in [0.1, 0.15) is 12.5 Å². The van der Waals surface area contributed by atoms with Gasteiger partial charge in [-0.1, -0.05) is 0 Å². The number of nitro groups is 1. The van der Waals surface area contributed by atoms with Crippen molar-refractivity contribution in [2.75, 3.05) is 18.1 Å². The molecule has 2 atom stereocenters. The first-order valence-electron chi connectivity index (χ1n) is 5.20. The Balaban J connectivity index is 2.87. The number of nitriles is 1. The molecule has 7 heteroatoms. The molecule has 96 valence electrons. The van der Waals surface area contributed by atoms with Crippen molar-refractivity contribution in [3.8, 4) is 6.07 Å². The molecule has 0 spiro atoms. The summed E-state index contributed by atoms with van der Waals surface area (Å²) in [5.74, 6) is 0. The highest BCUT2D eigenvalue weighted by atomic mass is 32.2. The van der Waals surface area contributed by atoms with E-state index in [-0.39, 0.29) is 16.5 Å². The standard InChI is InChI=1S/C11H13N3O3S/c1-8(18(2)17)7-13-11-4-3-10(14(15)16)5-9(11)6-12/h3-5,8,13H,7H2,1-2H3. The maximum atomic E-state index is 11.2. The maximum absolute atomic E-state index is 11.2. The minimum Gasteiger partial charge on any atom is -0.383 e. The Hall–Kier alpha value is -1.94. The minimum absolute atomic E-state index is 0.0632. The second-order valence-electron chi connectivity index (χ2n) is 3.79. The molecule has 0 fully saturated rings. The summed E-state index contributed by atoms with van der Waals surface area (Å²) in [6, 6.07) is 5.94. The van der Waals surface area contributed by atoms with Gasteiger partial charge in [0.05, 0.1) is 16.2 Å². The number of hydrogen-bond donors (Lipinski definition) is 1. The third-order valence-electron chi connectivity index (χ3n) is 2.48. The van der Waals surface area contributed by atoms with Gasteiger partial charge in [-0.15, -0.1) is 0 Å². The lowest BCUT2D eigenvalue weighted by atomic mass is 10.1. The Kier molecular flexibility index (Phi) is 4.80. The Morgan fingerprint density at radius 1 is 1.61 bits per heavy atom. The number of nitrogens with zero attached hydrogens (tertiary/aromatic N) is 2. The SMILES string of the molecule is CC(CNc1ccc([N+](=O)[O-])cc1C#N)S(C)=O. The number of nitro benzene ring substituents is 1. The Morgan fingerprint density at radius 3 is 2.78 bits per heavy atom. The molecule has 6 nitrogen and oxygen atoms in total. The second kappa shape index (κ2) is 6.12. The first kappa shape index (κ1) is 14.1. The van der Waals surface area contributed by atoms with Crippen molar-refractivity contribution in [2.45, 2.75) is 12.2 Å². The van der Waals surface area contributed by atoms with Gasteiger partial charge in [0.25, 0.3) is 5.69 Å². The monoisotopic (exact) mass is 267 g/mol. The van der Waals surface area contributed by atoms with Gasteiger partial charge in [-0.05, 0) is 13.0 Å². The number of non-ortho nitro benzene ring substituents is 1. The lowest BCUT2D eigenvalue weighted by molar-refractivity contribution is -0.384. The molecule has 0 bridgehead atoms. The molecule has 1 rings (SSSR count). The molecule has 0 saturated heterocycles. The molecule has 2 unspecified atom stereocenters. The molecular weight excluding hydrogens is 254 g/mol. The van der Waals surface area contributed by atoms with E-state index in [1.165, 1.54) is 18.2 Å². The normalized spacial score (nSPS) is 13.4. The predicted molar refractivity (Wildman–Crippen MR) is 69.8 cm³/mol. The zero-order valence-corrected chi connectivity index (χ0v) is 10.9. The first-order valence-corrected chi connectivity index (χ1v) is 6.82. The van der Waals surface area contributed by atoms with Crippen molar-refractivity contribution in [3.05, 3.63) is 33.9 Å². The second-order valence-corrected chi connectivity index (χ2v) is 5.59. The van der Waals surface area contributed by atoms with Crippen LogP contribution in [0.3, 0.4) is 0 Å². The quantitative estimate of drug-likeness (QED) is 0.646. The van der Waals surface area contributed by atoms with Crippen LogP contribution < -0.4 is 5.32 Å². The summed E-state index contributed by atoms with van der Waals surface area (Å²) in [4.78, 5) is 10.0. The molecule has 1 aromatic rings. The molecule has 1 aromatic carbocycles. The smallest absolute Gasteiger partial charge is 0.270 e. The molecule has 1 N–H and O–H groups in total. The fourth-order valence-corrected chi connectivity index (χ4v) is 1.58. The minimum atomic E-state index is -0.958. The summed E-state index contributed by atoms with van der Waals surface area (Å²) in [7, 11) is -0.958. The van der Waals surface area contributed by atoms with Crippen LogP contribution in [0.2, 0.25) is 0 Å². The van der Waals surface area contributed by atoms with Crippen molar-refractivity contribution in [3.63, 3.8) is 0 Å². The Bertz CT molecular complexity index is 525. The van der Waals surface area contributed by atoms with Crippen LogP contribution >= 0.6 is 0 Å². The zero-order valence-electron chi connectivity index (χ0n) is 10.0. The topological polar surface area (TPSA) is 96.0 Å². The van der Waals surface area contributed by atoms with Crippen LogP contribution in [0.15, 0.2) is 18.2 Å². The van der Waals surface area contributed by atoms with E-state index in [0.29, 0.717) is 12.2 Å². The Morgan fingerprint density at radius 2 is 2.28 bits per heavy atom. The van der Waals surface area contributed by atoms with E-state index in [1.807, 2.05) is 13.0 Å². The maximum Gasteiger partial charge on any atom is 0.270 e. The summed E-state index contributed by atoms with van der Waals surface area (Å²) in [5.41, 5.74) is 0.600. The van der Waals surface area contributed by atoms with Gasteiger partial charge in [-0.2, -0.15) is 5.26 Å². The number of rotatable bonds is 5. The van der Waals surface area contributed by atoms with E-state index < -0.39 is 15.7 Å². The summed E-state index contributed by atoms with van der Waals surface area (Å²) in [5, 5.41) is 22.4. The van der Waals surface area contributed by atoms with Crippen LogP contribution in [0, 0.1) is 21.4 Å². The van der Waals surface area contributed by atoms with Gasteiger partial charge in [-0.25, -0.2) is 0 Å². The van der Waals surface area contributed by atoms with Gasteiger partial charge in [0, 0.05) is 41.0 Å². The average Bonchev–Trinajstić information content (AvgIpc) is 2.35. The van der Waals surface area contributed by atoms with Crippen LogP contribution in [0.25, 0.3) is 0 Å². The van der Waals surface area contributed by atoms with Crippen LogP contribution in [0.4, 0.5) is 11.4 Å². The highest BCUT2D eigenvalue weighted by Crippen LogP contribution is 2.21. The van der Waals surface area contributed by atoms with Crippen molar-refractivity contribution in [1.29, 1.82) is 5.26 Å². The number of hydrogen-bond acceptors (Lipinski definition) is 5. The third-order valence-corrected chi connectivity index (χ3v) is 3.78. The van der Waals surface area contributed by atoms with Gasteiger partial charge >= 0.3 is 0 Å². The zero-order chi connectivity index (χ0) is 13.7. The number of nitrogens with one attached hydrogen (secondary N) is 1. The summed E-state index contributed by atoms with van der Waals surface area (Å²) < 4.78 is 11.2. The van der Waals surface area contributed by atoms with Gasteiger partial charge in [0.2, 0.25) is 0 Å². The molecule has 0 aliphatic rings. The summed E-state index contributed by atoms with van der Waals surface area (Å²) >= 11 is 0. The van der Waals surface area contributed by atoms with E-state index in [0.717, 1.165) is 0 Å². The molecule has 0 aliphatic carbocycles. The van der Waals surface area contributed by atoms with Crippen LogP contribution in [0.5, 0.6) is 0 Å². The molecule has 0 aromatic heterocycles.